The van der Waals surface area contributed by atoms with Gasteiger partial charge in [0.25, 0.3) is 0 Å². The molecule has 0 atom stereocenters. The zero-order chi connectivity index (χ0) is 20.9. The number of halogens is 1. The van der Waals surface area contributed by atoms with Crippen molar-refractivity contribution in [2.24, 2.45) is 0 Å². The molecule has 0 spiro atoms. The lowest BCUT2D eigenvalue weighted by atomic mass is 10.2. The van der Waals surface area contributed by atoms with Crippen LogP contribution in [0, 0.1) is 6.92 Å². The van der Waals surface area contributed by atoms with Crippen molar-refractivity contribution in [2.45, 2.75) is 11.8 Å². The fourth-order valence-electron chi connectivity index (χ4n) is 3.06. The Labute approximate surface area is 176 Å². The van der Waals surface area contributed by atoms with E-state index in [9.17, 15) is 13.2 Å². The highest BCUT2D eigenvalue weighted by Crippen LogP contribution is 2.21. The number of hydrogen-bond donors (Lipinski definition) is 1. The Morgan fingerprint density at radius 3 is 2.52 bits per heavy atom. The highest BCUT2D eigenvalue weighted by atomic mass is 35.5. The Morgan fingerprint density at radius 2 is 1.83 bits per heavy atom. The number of rotatable bonds is 6. The molecule has 1 fully saturated rings. The van der Waals surface area contributed by atoms with Crippen LogP contribution >= 0.6 is 11.6 Å². The van der Waals surface area contributed by atoms with E-state index in [-0.39, 0.29) is 24.0 Å². The smallest absolute Gasteiger partial charge is 0.317 e. The third-order valence-corrected chi connectivity index (χ3v) is 6.82. The van der Waals surface area contributed by atoms with E-state index in [2.05, 4.69) is 5.32 Å². The van der Waals surface area contributed by atoms with E-state index < -0.39 is 10.0 Å². The lowest BCUT2D eigenvalue weighted by Crippen LogP contribution is -2.53. The van der Waals surface area contributed by atoms with Gasteiger partial charge in [-0.1, -0.05) is 35.9 Å². The minimum Gasteiger partial charge on any atom is -0.491 e. The standard InChI is InChI=1S/C20H24ClN3O4S/c1-16-5-2-3-8-19(16)28-14-9-22-20(25)23-10-12-24(13-11-23)29(26,27)18-7-4-6-17(21)15-18/h2-8,15H,9-14H2,1H3,(H,22,25). The quantitative estimate of drug-likeness (QED) is 0.705. The summed E-state index contributed by atoms with van der Waals surface area (Å²) in [6, 6.07) is 13.7. The van der Waals surface area contributed by atoms with Crippen LogP contribution in [0.3, 0.4) is 0 Å². The van der Waals surface area contributed by atoms with Crippen molar-refractivity contribution in [1.82, 2.24) is 14.5 Å². The molecule has 7 nitrogen and oxygen atoms in total. The molecule has 0 aromatic heterocycles. The number of ether oxygens (including phenoxy) is 1. The maximum atomic E-state index is 12.7. The molecule has 29 heavy (non-hydrogen) atoms. The van der Waals surface area contributed by atoms with Gasteiger partial charge in [-0.25, -0.2) is 13.2 Å². The molecule has 3 rings (SSSR count). The van der Waals surface area contributed by atoms with Gasteiger partial charge in [0.15, 0.2) is 0 Å². The zero-order valence-corrected chi connectivity index (χ0v) is 17.7. The van der Waals surface area contributed by atoms with Crippen LogP contribution in [0.25, 0.3) is 0 Å². The van der Waals surface area contributed by atoms with E-state index in [1.54, 1.807) is 17.0 Å². The second kappa shape index (κ2) is 9.47. The average molecular weight is 438 g/mol. The number of piperazine rings is 1. The number of carbonyl (C=O) groups is 1. The molecule has 2 aromatic carbocycles. The summed E-state index contributed by atoms with van der Waals surface area (Å²) in [5, 5.41) is 3.18. The molecule has 1 aliphatic rings. The van der Waals surface area contributed by atoms with Gasteiger partial charge in [0, 0.05) is 31.2 Å². The van der Waals surface area contributed by atoms with Crippen LogP contribution < -0.4 is 10.1 Å². The summed E-state index contributed by atoms with van der Waals surface area (Å²) in [6.07, 6.45) is 0. The molecule has 0 saturated carbocycles. The third-order valence-electron chi connectivity index (χ3n) is 4.69. The van der Waals surface area contributed by atoms with E-state index in [0.29, 0.717) is 31.3 Å². The van der Waals surface area contributed by atoms with Crippen molar-refractivity contribution in [3.8, 4) is 5.75 Å². The van der Waals surface area contributed by atoms with Gasteiger partial charge in [0.1, 0.15) is 12.4 Å². The first kappa shape index (κ1) is 21.4. The molecule has 0 radical (unpaired) electrons. The minimum absolute atomic E-state index is 0.163. The lowest BCUT2D eigenvalue weighted by Gasteiger charge is -2.34. The maximum Gasteiger partial charge on any atom is 0.317 e. The summed E-state index contributed by atoms with van der Waals surface area (Å²) >= 11 is 5.91. The molecule has 2 aromatic rings. The van der Waals surface area contributed by atoms with Crippen LogP contribution in [0.4, 0.5) is 4.79 Å². The Bertz CT molecular complexity index is 960. The van der Waals surface area contributed by atoms with E-state index in [1.165, 1.54) is 16.4 Å². The van der Waals surface area contributed by atoms with E-state index in [1.807, 2.05) is 31.2 Å². The number of nitrogens with one attached hydrogen (secondary N) is 1. The van der Waals surface area contributed by atoms with Gasteiger partial charge in [-0.3, -0.25) is 0 Å². The maximum absolute atomic E-state index is 12.7. The monoisotopic (exact) mass is 437 g/mol. The number of benzene rings is 2. The van der Waals surface area contributed by atoms with Crippen LogP contribution in [0.15, 0.2) is 53.4 Å². The Kier molecular flexibility index (Phi) is 7.00. The van der Waals surface area contributed by atoms with Gasteiger partial charge in [0.2, 0.25) is 10.0 Å². The number of amides is 2. The second-order valence-electron chi connectivity index (χ2n) is 6.69. The fraction of sp³-hybridized carbons (Fsp3) is 0.350. The summed E-state index contributed by atoms with van der Waals surface area (Å²) in [6.45, 7) is 3.82. The summed E-state index contributed by atoms with van der Waals surface area (Å²) in [7, 11) is -3.62. The average Bonchev–Trinajstić information content (AvgIpc) is 2.72. The fourth-order valence-corrected chi connectivity index (χ4v) is 4.78. The number of hydrogen-bond acceptors (Lipinski definition) is 4. The van der Waals surface area contributed by atoms with Crippen molar-refractivity contribution in [1.29, 1.82) is 0 Å². The molecular formula is C20H24ClN3O4S. The number of nitrogens with zero attached hydrogens (tertiary/aromatic N) is 2. The molecule has 2 amide bonds. The number of sulfonamides is 1. The molecule has 0 unspecified atom stereocenters. The third kappa shape index (κ3) is 5.41. The largest absolute Gasteiger partial charge is 0.491 e. The molecule has 1 N–H and O–H groups in total. The zero-order valence-electron chi connectivity index (χ0n) is 16.2. The van der Waals surface area contributed by atoms with Crippen LogP contribution in [0.2, 0.25) is 5.02 Å². The van der Waals surface area contributed by atoms with Gasteiger partial charge >= 0.3 is 6.03 Å². The highest BCUT2D eigenvalue weighted by molar-refractivity contribution is 7.89. The van der Waals surface area contributed by atoms with Gasteiger partial charge in [-0.05, 0) is 36.8 Å². The van der Waals surface area contributed by atoms with Crippen LogP contribution in [-0.4, -0.2) is 63.0 Å². The normalized spacial score (nSPS) is 15.2. The van der Waals surface area contributed by atoms with Gasteiger partial charge in [-0.2, -0.15) is 4.31 Å². The predicted molar refractivity (Wildman–Crippen MR) is 112 cm³/mol. The van der Waals surface area contributed by atoms with Gasteiger partial charge in [0.05, 0.1) is 11.4 Å². The van der Waals surface area contributed by atoms with Crippen molar-refractivity contribution in [3.63, 3.8) is 0 Å². The topological polar surface area (TPSA) is 79.0 Å². The van der Waals surface area contributed by atoms with Crippen molar-refractivity contribution in [2.75, 3.05) is 39.3 Å². The molecule has 0 bridgehead atoms. The van der Waals surface area contributed by atoms with Crippen molar-refractivity contribution in [3.05, 3.63) is 59.1 Å². The molecule has 9 heteroatoms. The lowest BCUT2D eigenvalue weighted by molar-refractivity contribution is 0.170. The molecule has 1 saturated heterocycles. The van der Waals surface area contributed by atoms with Crippen molar-refractivity contribution < 1.29 is 17.9 Å². The number of urea groups is 1. The first-order valence-corrected chi connectivity index (χ1v) is 11.2. The molecule has 156 valence electrons. The predicted octanol–water partition coefficient (Wildman–Crippen LogP) is 2.74. The van der Waals surface area contributed by atoms with Crippen LogP contribution in [0.5, 0.6) is 5.75 Å². The first-order valence-electron chi connectivity index (χ1n) is 9.35. The number of aryl methyl sites for hydroxylation is 1. The number of carbonyl (C=O) groups excluding carboxylic acids is 1. The Balaban J connectivity index is 1.45. The van der Waals surface area contributed by atoms with Crippen LogP contribution in [-0.2, 0) is 10.0 Å². The van der Waals surface area contributed by atoms with E-state index >= 15 is 0 Å². The van der Waals surface area contributed by atoms with Crippen LogP contribution in [0.1, 0.15) is 5.56 Å². The molecule has 1 aliphatic heterocycles. The summed E-state index contributed by atoms with van der Waals surface area (Å²) in [5.41, 5.74) is 1.04. The molecule has 0 aliphatic carbocycles. The first-order chi connectivity index (χ1) is 13.9. The Hall–Kier alpha value is -2.29. The summed E-state index contributed by atoms with van der Waals surface area (Å²) < 4.78 is 32.5. The SMILES string of the molecule is Cc1ccccc1OCCNC(=O)N1CCN(S(=O)(=O)c2cccc(Cl)c2)CC1. The number of para-hydroxylation sites is 1. The Morgan fingerprint density at radius 1 is 1.10 bits per heavy atom. The summed E-state index contributed by atoms with van der Waals surface area (Å²) in [4.78, 5) is 14.1. The second-order valence-corrected chi connectivity index (χ2v) is 9.07. The summed E-state index contributed by atoms with van der Waals surface area (Å²) in [5.74, 6) is 0.793. The van der Waals surface area contributed by atoms with Gasteiger partial charge < -0.3 is 15.0 Å². The van der Waals surface area contributed by atoms with E-state index in [4.69, 9.17) is 16.3 Å². The molecule has 1 heterocycles. The minimum atomic E-state index is -3.62. The van der Waals surface area contributed by atoms with Gasteiger partial charge in [-0.15, -0.1) is 0 Å². The van der Waals surface area contributed by atoms with Crippen molar-refractivity contribution >= 4 is 27.7 Å². The van der Waals surface area contributed by atoms with E-state index in [0.717, 1.165) is 11.3 Å². The molecular weight excluding hydrogens is 414 g/mol. The highest BCUT2D eigenvalue weighted by Gasteiger charge is 2.30.